The van der Waals surface area contributed by atoms with Crippen LogP contribution in [0.4, 0.5) is 0 Å². The minimum Gasteiger partial charge on any atom is -0.300 e. The lowest BCUT2D eigenvalue weighted by Crippen LogP contribution is -2.33. The predicted molar refractivity (Wildman–Crippen MR) is 51.5 cm³/mol. The summed E-state index contributed by atoms with van der Waals surface area (Å²) in [5, 5.41) is 0. The topological polar surface area (TPSA) is 49.4 Å². The number of hydrogen-bond acceptors (Lipinski definition) is 3. The van der Waals surface area contributed by atoms with E-state index >= 15 is 0 Å². The van der Waals surface area contributed by atoms with Gasteiger partial charge in [0.1, 0.15) is 0 Å². The molecule has 1 N–H and O–H groups in total. The average molecular weight is 204 g/mol. The van der Waals surface area contributed by atoms with Gasteiger partial charge in [-0.3, -0.25) is 4.90 Å². The molecule has 4 nitrogen and oxygen atoms in total. The molecular formula is C8H16N2O2S. The van der Waals surface area contributed by atoms with Crippen molar-refractivity contribution in [3.63, 3.8) is 0 Å². The van der Waals surface area contributed by atoms with Gasteiger partial charge in [0.05, 0.1) is 12.8 Å². The largest absolute Gasteiger partial charge is 0.300 e. The fourth-order valence-electron chi connectivity index (χ4n) is 1.33. The lowest BCUT2D eigenvalue weighted by atomic mass is 10.5. The third-order valence-electron chi connectivity index (χ3n) is 2.30. The van der Waals surface area contributed by atoms with Crippen LogP contribution in [0.1, 0.15) is 19.8 Å². The first-order chi connectivity index (χ1) is 6.09. The van der Waals surface area contributed by atoms with E-state index < -0.39 is 10.0 Å². The zero-order valence-corrected chi connectivity index (χ0v) is 8.68. The first-order valence-electron chi connectivity index (χ1n) is 4.53. The molecule has 0 saturated heterocycles. The average Bonchev–Trinajstić information content (AvgIpc) is 2.89. The van der Waals surface area contributed by atoms with Gasteiger partial charge in [-0.25, -0.2) is 13.1 Å². The minimum absolute atomic E-state index is 0.0911. The molecule has 0 aliphatic heterocycles. The molecule has 0 aromatic rings. The first-order valence-corrected chi connectivity index (χ1v) is 6.18. The van der Waals surface area contributed by atoms with Crippen molar-refractivity contribution in [1.82, 2.24) is 9.62 Å². The fourth-order valence-corrected chi connectivity index (χ4v) is 1.93. The zero-order chi connectivity index (χ0) is 9.90. The quantitative estimate of drug-likeness (QED) is 0.622. The second kappa shape index (κ2) is 4.39. The Morgan fingerprint density at radius 1 is 1.54 bits per heavy atom. The molecule has 0 amide bonds. The molecule has 1 saturated carbocycles. The highest BCUT2D eigenvalue weighted by Crippen LogP contribution is 2.26. The predicted octanol–water partition coefficient (Wildman–Crippen LogP) is 0.0587. The van der Waals surface area contributed by atoms with Crippen LogP contribution in [-0.2, 0) is 10.0 Å². The number of rotatable bonds is 6. The van der Waals surface area contributed by atoms with Crippen molar-refractivity contribution >= 4 is 10.0 Å². The highest BCUT2D eigenvalue weighted by Gasteiger charge is 2.28. The van der Waals surface area contributed by atoms with Crippen LogP contribution in [0.15, 0.2) is 0 Å². The molecule has 13 heavy (non-hydrogen) atoms. The zero-order valence-electron chi connectivity index (χ0n) is 7.86. The van der Waals surface area contributed by atoms with Crippen LogP contribution < -0.4 is 4.72 Å². The van der Waals surface area contributed by atoms with E-state index in [1.54, 1.807) is 0 Å². The Bertz CT molecular complexity index is 247. The van der Waals surface area contributed by atoms with Crippen molar-refractivity contribution in [3.8, 4) is 0 Å². The summed E-state index contributed by atoms with van der Waals surface area (Å²) in [6.45, 7) is 3.53. The maximum Gasteiger partial charge on any atom is 0.213 e. The SMILES string of the molecule is [CH]NS(=O)(=O)CCN(CC)C1CC1. The summed E-state index contributed by atoms with van der Waals surface area (Å²) < 4.78 is 23.8. The lowest BCUT2D eigenvalue weighted by molar-refractivity contribution is 0.294. The molecule has 0 heterocycles. The summed E-state index contributed by atoms with van der Waals surface area (Å²) in [6.07, 6.45) is 2.40. The standard InChI is InChI=1S/C8H16N2O2S/c1-3-10(8-4-5-8)6-7-13(11,12)9-2/h2,8-9H,3-7H2,1H3. The van der Waals surface area contributed by atoms with E-state index in [4.69, 9.17) is 7.05 Å². The first kappa shape index (κ1) is 10.9. The number of nitrogens with one attached hydrogen (secondary N) is 1. The smallest absolute Gasteiger partial charge is 0.213 e. The number of sulfonamides is 1. The molecule has 0 spiro atoms. The Morgan fingerprint density at radius 2 is 2.15 bits per heavy atom. The third kappa shape index (κ3) is 3.62. The van der Waals surface area contributed by atoms with Crippen LogP contribution in [0, 0.1) is 7.05 Å². The van der Waals surface area contributed by atoms with E-state index in [0.29, 0.717) is 12.6 Å². The third-order valence-corrected chi connectivity index (χ3v) is 3.38. The monoisotopic (exact) mass is 204 g/mol. The highest BCUT2D eigenvalue weighted by atomic mass is 32.2. The van der Waals surface area contributed by atoms with E-state index in [9.17, 15) is 8.42 Å². The van der Waals surface area contributed by atoms with Gasteiger partial charge in [0.15, 0.2) is 0 Å². The molecule has 1 aliphatic rings. The molecule has 76 valence electrons. The summed E-state index contributed by atoms with van der Waals surface area (Å²) >= 11 is 0. The molecule has 5 heteroatoms. The van der Waals surface area contributed by atoms with Gasteiger partial charge in [-0.2, -0.15) is 0 Å². The molecule has 0 atom stereocenters. The van der Waals surface area contributed by atoms with Crippen LogP contribution >= 0.6 is 0 Å². The summed E-state index contributed by atoms with van der Waals surface area (Å²) in [5.74, 6) is 0.0911. The van der Waals surface area contributed by atoms with Crippen LogP contribution in [0.3, 0.4) is 0 Å². The fraction of sp³-hybridized carbons (Fsp3) is 0.875. The van der Waals surface area contributed by atoms with Crippen molar-refractivity contribution < 1.29 is 8.42 Å². The molecule has 2 radical (unpaired) electrons. The van der Waals surface area contributed by atoms with Crippen molar-refractivity contribution in [2.45, 2.75) is 25.8 Å². The molecule has 0 aromatic heterocycles. The lowest BCUT2D eigenvalue weighted by Gasteiger charge is -2.18. The van der Waals surface area contributed by atoms with E-state index in [0.717, 1.165) is 6.54 Å². The Hall–Kier alpha value is -0.130. The van der Waals surface area contributed by atoms with Gasteiger partial charge in [-0.05, 0) is 19.4 Å². The van der Waals surface area contributed by atoms with Crippen LogP contribution in [-0.4, -0.2) is 38.2 Å². The van der Waals surface area contributed by atoms with E-state index in [1.165, 1.54) is 12.8 Å². The number of nitrogens with zero attached hydrogens (tertiary/aromatic N) is 1. The molecule has 1 fully saturated rings. The Kier molecular flexibility index (Phi) is 3.70. The van der Waals surface area contributed by atoms with Crippen LogP contribution in [0.2, 0.25) is 0 Å². The highest BCUT2D eigenvalue weighted by molar-refractivity contribution is 7.89. The maximum atomic E-state index is 11.0. The number of hydrogen-bond donors (Lipinski definition) is 1. The van der Waals surface area contributed by atoms with Crippen LogP contribution in [0.5, 0.6) is 0 Å². The van der Waals surface area contributed by atoms with Gasteiger partial charge >= 0.3 is 0 Å². The summed E-state index contributed by atoms with van der Waals surface area (Å²) in [7, 11) is 1.62. The minimum atomic E-state index is -3.24. The molecule has 1 aliphatic carbocycles. The van der Waals surface area contributed by atoms with Gasteiger partial charge in [0, 0.05) is 12.6 Å². The molecular weight excluding hydrogens is 188 g/mol. The van der Waals surface area contributed by atoms with E-state index in [2.05, 4.69) is 4.90 Å². The van der Waals surface area contributed by atoms with Crippen molar-refractivity contribution in [1.29, 1.82) is 0 Å². The Balaban J connectivity index is 2.31. The molecule has 0 aromatic carbocycles. The van der Waals surface area contributed by atoms with Crippen molar-refractivity contribution in [3.05, 3.63) is 7.05 Å². The molecule has 1 rings (SSSR count). The Morgan fingerprint density at radius 3 is 2.54 bits per heavy atom. The summed E-state index contributed by atoms with van der Waals surface area (Å²) in [5.41, 5.74) is 0. The second-order valence-electron chi connectivity index (χ2n) is 3.30. The van der Waals surface area contributed by atoms with E-state index in [1.807, 2.05) is 11.6 Å². The van der Waals surface area contributed by atoms with Crippen molar-refractivity contribution in [2.75, 3.05) is 18.8 Å². The maximum absolute atomic E-state index is 11.0. The molecule has 0 unspecified atom stereocenters. The Labute approximate surface area is 80.4 Å². The van der Waals surface area contributed by atoms with Gasteiger partial charge in [0.2, 0.25) is 10.0 Å². The van der Waals surface area contributed by atoms with Crippen LogP contribution in [0.25, 0.3) is 0 Å². The summed E-state index contributed by atoms with van der Waals surface area (Å²) in [4.78, 5) is 2.18. The molecule has 0 bridgehead atoms. The van der Waals surface area contributed by atoms with Gasteiger partial charge in [0.25, 0.3) is 0 Å². The van der Waals surface area contributed by atoms with Gasteiger partial charge in [-0.1, -0.05) is 6.92 Å². The van der Waals surface area contributed by atoms with Crippen molar-refractivity contribution in [2.24, 2.45) is 0 Å². The van der Waals surface area contributed by atoms with E-state index in [-0.39, 0.29) is 5.75 Å². The summed E-state index contributed by atoms with van der Waals surface area (Å²) in [6, 6.07) is 0.609. The second-order valence-corrected chi connectivity index (χ2v) is 5.17. The normalized spacial score (nSPS) is 18.1. The van der Waals surface area contributed by atoms with Gasteiger partial charge in [-0.15, -0.1) is 0 Å². The van der Waals surface area contributed by atoms with Gasteiger partial charge < -0.3 is 0 Å².